The average Bonchev–Trinajstić information content (AvgIpc) is 3.18. The van der Waals surface area contributed by atoms with Gasteiger partial charge in [-0.25, -0.2) is 9.78 Å². The molecule has 0 saturated carbocycles. The van der Waals surface area contributed by atoms with Crippen molar-refractivity contribution in [1.82, 2.24) is 14.9 Å². The van der Waals surface area contributed by atoms with Crippen LogP contribution in [0.2, 0.25) is 0 Å². The minimum absolute atomic E-state index is 0.390. The van der Waals surface area contributed by atoms with Crippen LogP contribution in [-0.4, -0.2) is 54.3 Å². The van der Waals surface area contributed by atoms with Gasteiger partial charge in [-0.15, -0.1) is 11.3 Å². The second kappa shape index (κ2) is 8.90. The van der Waals surface area contributed by atoms with Crippen molar-refractivity contribution < 1.29 is 19.0 Å². The fourth-order valence-electron chi connectivity index (χ4n) is 4.19. The smallest absolute Gasteiger partial charge is 0.337 e. The highest BCUT2D eigenvalue weighted by Gasteiger charge is 2.23. The largest absolute Gasteiger partial charge is 0.465 e. The van der Waals surface area contributed by atoms with E-state index in [-0.39, 0.29) is 5.97 Å². The Labute approximate surface area is 185 Å². The van der Waals surface area contributed by atoms with Gasteiger partial charge in [-0.05, 0) is 49.4 Å². The normalized spacial score (nSPS) is 16.8. The van der Waals surface area contributed by atoms with Crippen LogP contribution in [0.3, 0.4) is 0 Å². The van der Waals surface area contributed by atoms with Crippen molar-refractivity contribution in [2.75, 3.05) is 33.4 Å². The number of hydrogen-bond acceptors (Lipinski definition) is 8. The highest BCUT2D eigenvalue weighted by Crippen LogP contribution is 2.40. The maximum Gasteiger partial charge on any atom is 0.337 e. The van der Waals surface area contributed by atoms with E-state index in [0.717, 1.165) is 55.2 Å². The van der Waals surface area contributed by atoms with Crippen molar-refractivity contribution >= 4 is 27.5 Å². The van der Waals surface area contributed by atoms with Gasteiger partial charge < -0.3 is 14.2 Å². The summed E-state index contributed by atoms with van der Waals surface area (Å²) in [6.07, 6.45) is 4.50. The van der Waals surface area contributed by atoms with Crippen LogP contribution >= 0.6 is 11.3 Å². The van der Waals surface area contributed by atoms with Crippen LogP contribution in [0.25, 0.3) is 10.2 Å². The van der Waals surface area contributed by atoms with E-state index in [9.17, 15) is 4.79 Å². The molecule has 0 unspecified atom stereocenters. The van der Waals surface area contributed by atoms with Gasteiger partial charge in [0.25, 0.3) is 0 Å². The molecule has 2 aromatic heterocycles. The number of rotatable bonds is 5. The molecule has 5 rings (SSSR count). The van der Waals surface area contributed by atoms with Crippen LogP contribution in [-0.2, 0) is 28.9 Å². The lowest BCUT2D eigenvalue weighted by atomic mass is 9.97. The molecule has 0 atom stereocenters. The van der Waals surface area contributed by atoms with Crippen LogP contribution < -0.4 is 4.74 Å². The monoisotopic (exact) mass is 439 g/mol. The molecule has 0 bridgehead atoms. The highest BCUT2D eigenvalue weighted by atomic mass is 32.1. The SMILES string of the molecule is COC(=O)c1cccc(Oc2nc(CN3CCOCC3)nc3sc4c(c23)CCCC4)c1. The van der Waals surface area contributed by atoms with E-state index < -0.39 is 0 Å². The molecule has 31 heavy (non-hydrogen) atoms. The van der Waals surface area contributed by atoms with Crippen LogP contribution in [0.15, 0.2) is 24.3 Å². The van der Waals surface area contributed by atoms with Gasteiger partial charge in [0, 0.05) is 18.0 Å². The second-order valence-corrected chi connectivity index (χ2v) is 8.93. The highest BCUT2D eigenvalue weighted by molar-refractivity contribution is 7.18. The summed E-state index contributed by atoms with van der Waals surface area (Å²) < 4.78 is 16.6. The second-order valence-electron chi connectivity index (χ2n) is 7.85. The van der Waals surface area contributed by atoms with E-state index in [1.54, 1.807) is 29.5 Å². The maximum absolute atomic E-state index is 11.9. The Balaban J connectivity index is 1.54. The number of methoxy groups -OCH3 is 1. The summed E-state index contributed by atoms with van der Waals surface area (Å²) >= 11 is 1.76. The van der Waals surface area contributed by atoms with Gasteiger partial charge in [-0.2, -0.15) is 4.98 Å². The van der Waals surface area contributed by atoms with Crippen molar-refractivity contribution in [2.45, 2.75) is 32.2 Å². The number of ether oxygens (including phenoxy) is 3. The van der Waals surface area contributed by atoms with Crippen LogP contribution in [0.5, 0.6) is 11.6 Å². The molecule has 1 aromatic carbocycles. The van der Waals surface area contributed by atoms with Crippen molar-refractivity contribution in [2.24, 2.45) is 0 Å². The Bertz CT molecular complexity index is 1110. The molecule has 8 heteroatoms. The molecular weight excluding hydrogens is 414 g/mol. The average molecular weight is 440 g/mol. The van der Waals surface area contributed by atoms with Crippen LogP contribution in [0, 0.1) is 0 Å². The molecule has 3 heterocycles. The number of carbonyl (C=O) groups is 1. The molecule has 1 saturated heterocycles. The Morgan fingerprint density at radius 3 is 2.87 bits per heavy atom. The zero-order valence-corrected chi connectivity index (χ0v) is 18.4. The maximum atomic E-state index is 11.9. The number of thiophene rings is 1. The summed E-state index contributed by atoms with van der Waals surface area (Å²) in [4.78, 5) is 26.4. The topological polar surface area (TPSA) is 73.8 Å². The van der Waals surface area contributed by atoms with Crippen molar-refractivity contribution in [3.63, 3.8) is 0 Å². The third-order valence-electron chi connectivity index (χ3n) is 5.77. The Morgan fingerprint density at radius 2 is 2.03 bits per heavy atom. The van der Waals surface area contributed by atoms with Gasteiger partial charge in [-0.3, -0.25) is 4.90 Å². The number of benzene rings is 1. The zero-order valence-electron chi connectivity index (χ0n) is 17.6. The van der Waals surface area contributed by atoms with E-state index in [0.29, 0.717) is 23.7 Å². The third kappa shape index (κ3) is 4.28. The number of aryl methyl sites for hydroxylation is 2. The summed E-state index contributed by atoms with van der Waals surface area (Å²) in [6, 6.07) is 7.03. The standard InChI is InChI=1S/C23H25N3O4S/c1-28-23(27)15-5-4-6-16(13-15)30-21-20-17-7-2-3-8-18(17)31-22(20)25-19(24-21)14-26-9-11-29-12-10-26/h4-6,13H,2-3,7-12,14H2,1H3. The number of nitrogens with zero attached hydrogens (tertiary/aromatic N) is 3. The molecule has 0 amide bonds. The lowest BCUT2D eigenvalue weighted by Gasteiger charge is -2.25. The summed E-state index contributed by atoms with van der Waals surface area (Å²) in [5.74, 6) is 1.51. The number of hydrogen-bond donors (Lipinski definition) is 0. The van der Waals surface area contributed by atoms with Crippen molar-refractivity contribution in [3.8, 4) is 11.6 Å². The molecule has 0 radical (unpaired) electrons. The summed E-state index contributed by atoms with van der Waals surface area (Å²) in [5.41, 5.74) is 1.77. The van der Waals surface area contributed by atoms with E-state index >= 15 is 0 Å². The molecule has 3 aromatic rings. The Hall–Kier alpha value is -2.55. The molecule has 1 aliphatic carbocycles. The van der Waals surface area contributed by atoms with Crippen LogP contribution in [0.4, 0.5) is 0 Å². The number of aromatic nitrogens is 2. The van der Waals surface area contributed by atoms with Gasteiger partial charge in [0.1, 0.15) is 16.4 Å². The number of fused-ring (bicyclic) bond motifs is 3. The number of morpholine rings is 1. The minimum Gasteiger partial charge on any atom is -0.465 e. The van der Waals surface area contributed by atoms with Gasteiger partial charge in [0.05, 0.1) is 37.8 Å². The lowest BCUT2D eigenvalue weighted by Crippen LogP contribution is -2.36. The Kier molecular flexibility index (Phi) is 5.85. The molecule has 162 valence electrons. The molecule has 0 spiro atoms. The molecule has 0 N–H and O–H groups in total. The van der Waals surface area contributed by atoms with Gasteiger partial charge in [0.2, 0.25) is 5.88 Å². The van der Waals surface area contributed by atoms with Gasteiger partial charge in [-0.1, -0.05) is 6.07 Å². The fraction of sp³-hybridized carbons (Fsp3) is 0.435. The summed E-state index contributed by atoms with van der Waals surface area (Å²) in [7, 11) is 1.37. The summed E-state index contributed by atoms with van der Waals surface area (Å²) in [6.45, 7) is 3.89. The first-order chi connectivity index (χ1) is 15.2. The summed E-state index contributed by atoms with van der Waals surface area (Å²) in [5, 5.41) is 1.02. The van der Waals surface area contributed by atoms with Crippen molar-refractivity contribution in [3.05, 3.63) is 46.1 Å². The van der Waals surface area contributed by atoms with E-state index in [4.69, 9.17) is 24.2 Å². The Morgan fingerprint density at radius 1 is 1.19 bits per heavy atom. The first-order valence-electron chi connectivity index (χ1n) is 10.7. The molecule has 7 nitrogen and oxygen atoms in total. The number of esters is 1. The minimum atomic E-state index is -0.390. The van der Waals surface area contributed by atoms with Crippen molar-refractivity contribution in [1.29, 1.82) is 0 Å². The zero-order chi connectivity index (χ0) is 21.2. The van der Waals surface area contributed by atoms with Gasteiger partial charge in [0.15, 0.2) is 0 Å². The molecule has 1 aliphatic heterocycles. The molecule has 2 aliphatic rings. The fourth-order valence-corrected chi connectivity index (χ4v) is 5.46. The first-order valence-corrected chi connectivity index (χ1v) is 11.5. The predicted octanol–water partition coefficient (Wildman–Crippen LogP) is 3.98. The lowest BCUT2D eigenvalue weighted by molar-refractivity contribution is 0.0330. The van der Waals surface area contributed by atoms with Gasteiger partial charge >= 0.3 is 5.97 Å². The predicted molar refractivity (Wildman–Crippen MR) is 118 cm³/mol. The molecular formula is C23H25N3O4S. The molecule has 1 fully saturated rings. The van der Waals surface area contributed by atoms with E-state index in [2.05, 4.69) is 4.90 Å². The quantitative estimate of drug-likeness (QED) is 0.557. The van der Waals surface area contributed by atoms with Crippen LogP contribution in [0.1, 0.15) is 39.5 Å². The first kappa shape index (κ1) is 20.4. The number of carbonyl (C=O) groups excluding carboxylic acids is 1. The third-order valence-corrected chi connectivity index (χ3v) is 6.95. The van der Waals surface area contributed by atoms with E-state index in [1.807, 2.05) is 6.07 Å². The van der Waals surface area contributed by atoms with E-state index in [1.165, 1.54) is 30.4 Å².